The highest BCUT2D eigenvalue weighted by molar-refractivity contribution is 7.89. The maximum atomic E-state index is 13.6. The van der Waals surface area contributed by atoms with Gasteiger partial charge in [0.05, 0.1) is 25.2 Å². The third kappa shape index (κ3) is 4.95. The van der Waals surface area contributed by atoms with Crippen LogP contribution in [0.3, 0.4) is 0 Å². The van der Waals surface area contributed by atoms with Crippen molar-refractivity contribution < 1.29 is 27.1 Å². The second-order valence-corrected chi connectivity index (χ2v) is 9.88. The van der Waals surface area contributed by atoms with Gasteiger partial charge in [0.15, 0.2) is 0 Å². The molecule has 0 spiro atoms. The molecule has 9 heteroatoms. The molecule has 2 aromatic rings. The zero-order chi connectivity index (χ0) is 22.7. The number of hydrogen-bond acceptors (Lipinski definition) is 5. The summed E-state index contributed by atoms with van der Waals surface area (Å²) >= 11 is 0. The smallest absolute Gasteiger partial charge is 0.240 e. The van der Waals surface area contributed by atoms with E-state index >= 15 is 0 Å². The van der Waals surface area contributed by atoms with Gasteiger partial charge in [0.1, 0.15) is 11.6 Å². The molecule has 172 valence electrons. The zero-order valence-electron chi connectivity index (χ0n) is 17.9. The van der Waals surface area contributed by atoms with Crippen molar-refractivity contribution in [3.05, 3.63) is 59.9 Å². The number of morpholine rings is 1. The zero-order valence-corrected chi connectivity index (χ0v) is 18.7. The molecule has 4 rings (SSSR count). The molecule has 0 bridgehead atoms. The predicted octanol–water partition coefficient (Wildman–Crippen LogP) is 2.53. The van der Waals surface area contributed by atoms with E-state index in [1.165, 1.54) is 18.2 Å². The van der Waals surface area contributed by atoms with Crippen LogP contribution in [0.2, 0.25) is 0 Å². The molecule has 2 fully saturated rings. The Morgan fingerprint density at radius 1 is 1.12 bits per heavy atom. The summed E-state index contributed by atoms with van der Waals surface area (Å²) in [5.41, 5.74) is 0.963. The van der Waals surface area contributed by atoms with Gasteiger partial charge >= 0.3 is 0 Å². The van der Waals surface area contributed by atoms with E-state index in [9.17, 15) is 17.6 Å². The van der Waals surface area contributed by atoms with E-state index in [0.29, 0.717) is 44.9 Å². The van der Waals surface area contributed by atoms with E-state index in [1.807, 2.05) is 24.3 Å². The summed E-state index contributed by atoms with van der Waals surface area (Å²) in [6.07, 6.45) is 0.850. The molecule has 0 radical (unpaired) electrons. The molecule has 1 N–H and O–H groups in total. The maximum Gasteiger partial charge on any atom is 0.240 e. The van der Waals surface area contributed by atoms with Gasteiger partial charge in [-0.15, -0.1) is 0 Å². The van der Waals surface area contributed by atoms with Gasteiger partial charge in [-0.3, -0.25) is 4.79 Å². The number of nitrogens with one attached hydrogen (secondary N) is 1. The van der Waals surface area contributed by atoms with Gasteiger partial charge in [-0.1, -0.05) is 18.2 Å². The minimum Gasteiger partial charge on any atom is -0.497 e. The summed E-state index contributed by atoms with van der Waals surface area (Å²) in [5.74, 6) is -0.387. The highest BCUT2D eigenvalue weighted by atomic mass is 32.2. The van der Waals surface area contributed by atoms with Crippen LogP contribution in [0.25, 0.3) is 0 Å². The fraction of sp³-hybridized carbons (Fsp3) is 0.435. The molecule has 32 heavy (non-hydrogen) atoms. The van der Waals surface area contributed by atoms with Crippen molar-refractivity contribution in [2.75, 3.05) is 33.4 Å². The molecule has 1 saturated carbocycles. The molecule has 1 aliphatic heterocycles. The standard InChI is InChI=1S/C23H27FN2O5S/c1-30-19-7-5-16(6-8-19)21-14-18(15-22(21)23(27)26-9-11-31-12-10-26)25-32(28,29)20-4-2-3-17(24)13-20/h2-8,13,18,21-22,25H,9-12,14-15H2,1H3/t18-,21+,22-/m0/s1. The Morgan fingerprint density at radius 3 is 2.50 bits per heavy atom. The van der Waals surface area contributed by atoms with Crippen molar-refractivity contribution in [1.82, 2.24) is 9.62 Å². The molecule has 3 atom stereocenters. The van der Waals surface area contributed by atoms with Crippen LogP contribution in [-0.4, -0.2) is 58.7 Å². The van der Waals surface area contributed by atoms with Gasteiger partial charge in [-0.2, -0.15) is 0 Å². The van der Waals surface area contributed by atoms with Gasteiger partial charge in [-0.05, 0) is 54.7 Å². The molecule has 0 unspecified atom stereocenters. The maximum absolute atomic E-state index is 13.6. The van der Waals surface area contributed by atoms with Gasteiger partial charge in [0, 0.05) is 25.0 Å². The summed E-state index contributed by atoms with van der Waals surface area (Å²) in [5, 5.41) is 0. The van der Waals surface area contributed by atoms with E-state index in [4.69, 9.17) is 9.47 Å². The fourth-order valence-corrected chi connectivity index (χ4v) is 5.86. The van der Waals surface area contributed by atoms with Gasteiger partial charge in [0.2, 0.25) is 15.9 Å². The van der Waals surface area contributed by atoms with Crippen LogP contribution >= 0.6 is 0 Å². The number of amides is 1. The first kappa shape index (κ1) is 22.7. The van der Waals surface area contributed by atoms with Crippen molar-refractivity contribution >= 4 is 15.9 Å². The Hall–Kier alpha value is -2.49. The first-order valence-electron chi connectivity index (χ1n) is 10.7. The first-order chi connectivity index (χ1) is 15.4. The van der Waals surface area contributed by atoms with Crippen LogP contribution in [0.1, 0.15) is 24.3 Å². The molecule has 1 aliphatic carbocycles. The number of carbonyl (C=O) groups is 1. The molecule has 2 aliphatic rings. The molecule has 1 amide bonds. The number of carbonyl (C=O) groups excluding carboxylic acids is 1. The van der Waals surface area contributed by atoms with E-state index in [1.54, 1.807) is 12.0 Å². The second-order valence-electron chi connectivity index (χ2n) is 8.17. The Kier molecular flexibility index (Phi) is 6.78. The third-order valence-corrected chi connectivity index (χ3v) is 7.69. The summed E-state index contributed by atoms with van der Waals surface area (Å²) in [6, 6.07) is 12.0. The third-order valence-electron chi connectivity index (χ3n) is 6.17. The van der Waals surface area contributed by atoms with Gasteiger partial charge < -0.3 is 14.4 Å². The van der Waals surface area contributed by atoms with Gasteiger partial charge in [0.25, 0.3) is 0 Å². The lowest BCUT2D eigenvalue weighted by Crippen LogP contribution is -2.44. The lowest BCUT2D eigenvalue weighted by Gasteiger charge is -2.31. The highest BCUT2D eigenvalue weighted by Gasteiger charge is 2.42. The lowest BCUT2D eigenvalue weighted by molar-refractivity contribution is -0.140. The van der Waals surface area contributed by atoms with Crippen molar-refractivity contribution in [2.24, 2.45) is 5.92 Å². The predicted molar refractivity (Wildman–Crippen MR) is 116 cm³/mol. The number of methoxy groups -OCH3 is 1. The Labute approximate surface area is 187 Å². The molecule has 1 saturated heterocycles. The van der Waals surface area contributed by atoms with Crippen molar-refractivity contribution in [2.45, 2.75) is 29.7 Å². The topological polar surface area (TPSA) is 84.9 Å². The number of hydrogen-bond donors (Lipinski definition) is 1. The minimum atomic E-state index is -3.91. The highest BCUT2D eigenvalue weighted by Crippen LogP contribution is 2.42. The lowest BCUT2D eigenvalue weighted by atomic mass is 9.88. The average Bonchev–Trinajstić information content (AvgIpc) is 3.22. The first-order valence-corrected chi connectivity index (χ1v) is 12.1. The Morgan fingerprint density at radius 2 is 1.84 bits per heavy atom. The van der Waals surface area contributed by atoms with E-state index in [0.717, 1.165) is 11.6 Å². The number of nitrogens with zero attached hydrogens (tertiary/aromatic N) is 1. The summed E-state index contributed by atoms with van der Waals surface area (Å²) in [6.45, 7) is 2.07. The minimum absolute atomic E-state index is 0.0153. The molecule has 0 aromatic heterocycles. The Bertz CT molecular complexity index is 1050. The number of ether oxygens (including phenoxy) is 2. The molecular formula is C23H27FN2O5S. The van der Waals surface area contributed by atoms with Crippen molar-refractivity contribution in [3.8, 4) is 5.75 Å². The largest absolute Gasteiger partial charge is 0.497 e. The normalized spacial score (nSPS) is 23.8. The Balaban J connectivity index is 1.57. The van der Waals surface area contributed by atoms with E-state index < -0.39 is 21.9 Å². The summed E-state index contributed by atoms with van der Waals surface area (Å²) < 4.78 is 52.5. The number of sulfonamides is 1. The van der Waals surface area contributed by atoms with Crippen LogP contribution < -0.4 is 9.46 Å². The summed E-state index contributed by atoms with van der Waals surface area (Å²) in [7, 11) is -2.32. The number of rotatable bonds is 6. The molecular weight excluding hydrogens is 435 g/mol. The second kappa shape index (κ2) is 9.56. The number of halogens is 1. The SMILES string of the molecule is COc1ccc([C@H]2C[C@H](NS(=O)(=O)c3cccc(F)c3)C[C@@H]2C(=O)N2CCOCC2)cc1. The van der Waals surface area contributed by atoms with Crippen LogP contribution in [0.4, 0.5) is 4.39 Å². The molecule has 2 aromatic carbocycles. The monoisotopic (exact) mass is 462 g/mol. The fourth-order valence-electron chi connectivity index (χ4n) is 4.57. The van der Waals surface area contributed by atoms with Crippen molar-refractivity contribution in [1.29, 1.82) is 0 Å². The summed E-state index contributed by atoms with van der Waals surface area (Å²) in [4.78, 5) is 15.0. The van der Waals surface area contributed by atoms with E-state index in [-0.39, 0.29) is 22.6 Å². The van der Waals surface area contributed by atoms with Gasteiger partial charge in [-0.25, -0.2) is 17.5 Å². The number of benzene rings is 2. The molecule has 7 nitrogen and oxygen atoms in total. The van der Waals surface area contributed by atoms with Crippen molar-refractivity contribution in [3.63, 3.8) is 0 Å². The quantitative estimate of drug-likeness (QED) is 0.713. The van der Waals surface area contributed by atoms with Crippen LogP contribution in [0.15, 0.2) is 53.4 Å². The van der Waals surface area contributed by atoms with Crippen LogP contribution in [0, 0.1) is 11.7 Å². The molecule has 1 heterocycles. The van der Waals surface area contributed by atoms with E-state index in [2.05, 4.69) is 4.72 Å². The van der Waals surface area contributed by atoms with Crippen LogP contribution in [0.5, 0.6) is 5.75 Å². The average molecular weight is 463 g/mol. The van der Waals surface area contributed by atoms with Crippen LogP contribution in [-0.2, 0) is 19.6 Å².